The predicted octanol–water partition coefficient (Wildman–Crippen LogP) is 2.03. The van der Waals surface area contributed by atoms with Crippen LogP contribution in [-0.4, -0.2) is 30.5 Å². The second-order valence-corrected chi connectivity index (χ2v) is 6.92. The second kappa shape index (κ2) is 7.83. The molecule has 1 aromatic carbocycles. The molecule has 1 aromatic heterocycles. The molecule has 2 rings (SSSR count). The third-order valence-corrected chi connectivity index (χ3v) is 4.90. The molecule has 0 bridgehead atoms. The van der Waals surface area contributed by atoms with Gasteiger partial charge in [0.25, 0.3) is 0 Å². The Kier molecular flexibility index (Phi) is 5.78. The molecule has 0 fully saturated rings. The number of aryl methyl sites for hydroxylation is 1. The zero-order chi connectivity index (χ0) is 14.2. The Morgan fingerprint density at radius 3 is 2.65 bits per heavy atom. The molecular formula is C16H17NO2Se. The van der Waals surface area contributed by atoms with Gasteiger partial charge in [-0.2, -0.15) is 0 Å². The van der Waals surface area contributed by atoms with Crippen molar-refractivity contribution < 1.29 is 9.59 Å². The SMILES string of the molecule is O=Cc1ccn(CCCCC(=O)[Se]c2ccccc2)c1. The first-order valence-corrected chi connectivity index (χ1v) is 8.36. The van der Waals surface area contributed by atoms with Gasteiger partial charge in [-0.3, -0.25) is 0 Å². The maximum atomic E-state index is 11.8. The molecule has 0 aliphatic heterocycles. The molecule has 0 amide bonds. The van der Waals surface area contributed by atoms with E-state index in [9.17, 15) is 9.59 Å². The van der Waals surface area contributed by atoms with Gasteiger partial charge in [-0.15, -0.1) is 0 Å². The number of rotatable bonds is 8. The molecule has 1 heterocycles. The Morgan fingerprint density at radius 2 is 1.95 bits per heavy atom. The summed E-state index contributed by atoms with van der Waals surface area (Å²) in [5, 5.41) is 0. The molecule has 0 N–H and O–H groups in total. The minimum atomic E-state index is -0.0562. The van der Waals surface area contributed by atoms with Gasteiger partial charge < -0.3 is 0 Å². The Hall–Kier alpha value is -1.64. The summed E-state index contributed by atoms with van der Waals surface area (Å²) in [5.74, 6) is 0. The molecule has 0 saturated carbocycles. The van der Waals surface area contributed by atoms with E-state index < -0.39 is 0 Å². The van der Waals surface area contributed by atoms with Crippen molar-refractivity contribution in [2.75, 3.05) is 0 Å². The van der Waals surface area contributed by atoms with Crippen LogP contribution in [0.2, 0.25) is 0 Å². The Morgan fingerprint density at radius 1 is 1.15 bits per heavy atom. The van der Waals surface area contributed by atoms with E-state index in [1.807, 2.05) is 47.3 Å². The molecule has 0 radical (unpaired) electrons. The van der Waals surface area contributed by atoms with Crippen molar-refractivity contribution in [1.29, 1.82) is 0 Å². The summed E-state index contributed by atoms with van der Waals surface area (Å²) in [5.41, 5.74) is 0.702. The van der Waals surface area contributed by atoms with Crippen molar-refractivity contribution in [3.8, 4) is 0 Å². The van der Waals surface area contributed by atoms with Crippen LogP contribution >= 0.6 is 0 Å². The molecule has 0 aliphatic carbocycles. The first-order chi connectivity index (χ1) is 9.78. The number of benzene rings is 1. The van der Waals surface area contributed by atoms with Crippen LogP contribution in [0.5, 0.6) is 0 Å². The molecule has 3 nitrogen and oxygen atoms in total. The molecule has 0 saturated heterocycles. The van der Waals surface area contributed by atoms with Crippen molar-refractivity contribution in [2.45, 2.75) is 25.8 Å². The van der Waals surface area contributed by atoms with Crippen molar-refractivity contribution in [3.05, 3.63) is 54.4 Å². The molecule has 0 atom stereocenters. The first kappa shape index (κ1) is 14.8. The van der Waals surface area contributed by atoms with Crippen LogP contribution in [0.3, 0.4) is 0 Å². The predicted molar refractivity (Wildman–Crippen MR) is 80.5 cm³/mol. The summed E-state index contributed by atoms with van der Waals surface area (Å²) in [7, 11) is 0. The maximum absolute atomic E-state index is 11.8. The van der Waals surface area contributed by atoms with Gasteiger partial charge in [0.2, 0.25) is 0 Å². The Bertz CT molecular complexity index is 563. The van der Waals surface area contributed by atoms with Crippen LogP contribution in [0.4, 0.5) is 0 Å². The fourth-order valence-corrected chi connectivity index (χ4v) is 3.59. The summed E-state index contributed by atoms with van der Waals surface area (Å²) in [6, 6.07) is 11.7. The number of aldehydes is 1. The van der Waals surface area contributed by atoms with E-state index in [1.165, 1.54) is 0 Å². The van der Waals surface area contributed by atoms with Gasteiger partial charge in [0, 0.05) is 0 Å². The topological polar surface area (TPSA) is 39.1 Å². The molecular weight excluding hydrogens is 317 g/mol. The molecule has 4 heteroatoms. The second-order valence-electron chi connectivity index (χ2n) is 4.54. The molecule has 104 valence electrons. The third-order valence-electron chi connectivity index (χ3n) is 2.93. The van der Waals surface area contributed by atoms with Crippen LogP contribution < -0.4 is 4.46 Å². The van der Waals surface area contributed by atoms with Gasteiger partial charge in [0.1, 0.15) is 0 Å². The zero-order valence-corrected chi connectivity index (χ0v) is 12.9. The van der Waals surface area contributed by atoms with Gasteiger partial charge in [0.05, 0.1) is 0 Å². The first-order valence-electron chi connectivity index (χ1n) is 6.64. The molecule has 0 unspecified atom stereocenters. The minimum absolute atomic E-state index is 0.0562. The summed E-state index contributed by atoms with van der Waals surface area (Å²) in [6.45, 7) is 0.861. The van der Waals surface area contributed by atoms with E-state index in [4.69, 9.17) is 0 Å². The molecule has 2 aromatic rings. The molecule has 0 spiro atoms. The summed E-state index contributed by atoms with van der Waals surface area (Å²) < 4.78 is 3.49. The number of unbranched alkanes of at least 4 members (excludes halogenated alkanes) is 1. The van der Waals surface area contributed by atoms with Gasteiger partial charge in [-0.05, 0) is 0 Å². The van der Waals surface area contributed by atoms with E-state index in [0.29, 0.717) is 16.7 Å². The number of hydrogen-bond acceptors (Lipinski definition) is 2. The van der Waals surface area contributed by atoms with E-state index in [0.717, 1.165) is 30.1 Å². The monoisotopic (exact) mass is 335 g/mol. The van der Waals surface area contributed by atoms with Crippen molar-refractivity contribution in [2.24, 2.45) is 0 Å². The van der Waals surface area contributed by atoms with Crippen molar-refractivity contribution in [3.63, 3.8) is 0 Å². The van der Waals surface area contributed by atoms with E-state index in [-0.39, 0.29) is 15.0 Å². The van der Waals surface area contributed by atoms with E-state index >= 15 is 0 Å². The summed E-state index contributed by atoms with van der Waals surface area (Å²) >= 11 is -0.0562. The van der Waals surface area contributed by atoms with Crippen molar-refractivity contribution in [1.82, 2.24) is 4.57 Å². The van der Waals surface area contributed by atoms with Gasteiger partial charge >= 0.3 is 125 Å². The standard InChI is InChI=1S/C16H17NO2Se/c18-13-14-9-11-17(12-14)10-5-4-8-16(19)20-15-6-2-1-3-7-15/h1-3,6-7,9,11-13H,4-5,8,10H2. The van der Waals surface area contributed by atoms with Gasteiger partial charge in [-0.1, -0.05) is 0 Å². The van der Waals surface area contributed by atoms with Crippen LogP contribution in [-0.2, 0) is 11.3 Å². The molecule has 0 aliphatic rings. The average Bonchev–Trinajstić information content (AvgIpc) is 2.93. The average molecular weight is 334 g/mol. The summed E-state index contributed by atoms with van der Waals surface area (Å²) in [6.07, 6.45) is 7.10. The number of aromatic nitrogens is 1. The van der Waals surface area contributed by atoms with E-state index in [1.54, 1.807) is 6.07 Å². The van der Waals surface area contributed by atoms with Crippen LogP contribution in [0, 0.1) is 0 Å². The van der Waals surface area contributed by atoms with Crippen LogP contribution in [0.1, 0.15) is 29.6 Å². The molecule has 20 heavy (non-hydrogen) atoms. The Balaban J connectivity index is 1.65. The van der Waals surface area contributed by atoms with Gasteiger partial charge in [-0.25, -0.2) is 0 Å². The van der Waals surface area contributed by atoms with Gasteiger partial charge in [0.15, 0.2) is 0 Å². The third kappa shape index (κ3) is 4.80. The fourth-order valence-electron chi connectivity index (χ4n) is 1.90. The van der Waals surface area contributed by atoms with E-state index in [2.05, 4.69) is 0 Å². The normalized spacial score (nSPS) is 10.4. The number of nitrogens with zero attached hydrogens (tertiary/aromatic N) is 1. The number of carbonyl (C=O) groups excluding carboxylic acids is 2. The zero-order valence-electron chi connectivity index (χ0n) is 11.2. The quantitative estimate of drug-likeness (QED) is 0.421. The fraction of sp³-hybridized carbons (Fsp3) is 0.250. The van der Waals surface area contributed by atoms with Crippen LogP contribution in [0.25, 0.3) is 0 Å². The number of hydrogen-bond donors (Lipinski definition) is 0. The van der Waals surface area contributed by atoms with Crippen molar-refractivity contribution >= 4 is 30.4 Å². The number of carbonyl (C=O) groups is 2. The Labute approximate surface area is 125 Å². The van der Waals surface area contributed by atoms with Crippen LogP contribution in [0.15, 0.2) is 48.8 Å². The summed E-state index contributed by atoms with van der Waals surface area (Å²) in [4.78, 5) is 22.4.